The van der Waals surface area contributed by atoms with Crippen LogP contribution in [-0.4, -0.2) is 35.8 Å². The number of carbonyl (C=O) groups excluding carboxylic acids is 2. The Hall–Kier alpha value is -3.17. The zero-order chi connectivity index (χ0) is 20.2. The average molecular weight is 385 g/mol. The van der Waals surface area contributed by atoms with Crippen molar-refractivity contribution >= 4 is 17.7 Å². The number of hydrogen-bond acceptors (Lipinski definition) is 5. The molecule has 0 fully saturated rings. The number of aromatic nitrogens is 1. The van der Waals surface area contributed by atoms with Crippen LogP contribution in [0.25, 0.3) is 0 Å². The molecule has 10 heteroatoms. The second-order valence-corrected chi connectivity index (χ2v) is 5.49. The van der Waals surface area contributed by atoms with Gasteiger partial charge >= 0.3 is 17.8 Å². The van der Waals surface area contributed by atoms with E-state index in [2.05, 4.69) is 9.72 Å². The molecule has 1 aromatic carbocycles. The molecule has 6 nitrogen and oxygen atoms in total. The van der Waals surface area contributed by atoms with Gasteiger partial charge in [-0.25, -0.2) is 14.2 Å². The highest BCUT2D eigenvalue weighted by Gasteiger charge is 2.63. The van der Waals surface area contributed by atoms with E-state index in [0.717, 1.165) is 31.4 Å². The van der Waals surface area contributed by atoms with Gasteiger partial charge in [-0.05, 0) is 37.3 Å². The monoisotopic (exact) mass is 385 g/mol. The van der Waals surface area contributed by atoms with Crippen molar-refractivity contribution in [1.82, 2.24) is 10.3 Å². The predicted molar refractivity (Wildman–Crippen MR) is 87.3 cm³/mol. The summed E-state index contributed by atoms with van der Waals surface area (Å²) in [4.78, 5) is 28.2. The van der Waals surface area contributed by atoms with Crippen molar-refractivity contribution in [2.24, 2.45) is 0 Å². The van der Waals surface area contributed by atoms with Crippen molar-refractivity contribution in [3.8, 4) is 0 Å². The van der Waals surface area contributed by atoms with Crippen LogP contribution < -0.4 is 10.6 Å². The first-order chi connectivity index (χ1) is 12.6. The van der Waals surface area contributed by atoms with E-state index in [1.165, 1.54) is 25.1 Å². The van der Waals surface area contributed by atoms with Crippen LogP contribution in [0, 0.1) is 12.7 Å². The van der Waals surface area contributed by atoms with Crippen LogP contribution in [0.15, 0.2) is 42.5 Å². The Kier molecular flexibility index (Phi) is 5.67. The molecule has 0 spiro atoms. The molecular weight excluding hydrogens is 370 g/mol. The maximum atomic E-state index is 13.9. The van der Waals surface area contributed by atoms with Gasteiger partial charge in [0.05, 0.1) is 7.11 Å². The van der Waals surface area contributed by atoms with E-state index >= 15 is 0 Å². The molecule has 0 radical (unpaired) electrons. The number of hydrogen-bond donors (Lipinski definition) is 2. The molecule has 0 bridgehead atoms. The molecule has 2 aromatic rings. The van der Waals surface area contributed by atoms with Gasteiger partial charge in [0.25, 0.3) is 5.91 Å². The number of amides is 1. The summed E-state index contributed by atoms with van der Waals surface area (Å²) in [6, 6.07) is 8.13. The number of carbonyl (C=O) groups is 2. The molecule has 1 amide bonds. The molecule has 1 heterocycles. The number of pyridine rings is 1. The fourth-order valence-corrected chi connectivity index (χ4v) is 2.22. The lowest BCUT2D eigenvalue weighted by Crippen LogP contribution is -2.69. The standard InChI is InChI=1S/C17H15F4N3O3/c1-10-5-3-8-13(22-10)23-16(15(26)27-2,17(19,20)21)24-14(25)11-6-4-7-12(18)9-11/h3-9H,1-2H3,(H,22,23)(H,24,25)/t16-/m0/s1. The molecule has 0 aliphatic heterocycles. The third-order valence-electron chi connectivity index (χ3n) is 3.51. The van der Waals surface area contributed by atoms with E-state index in [9.17, 15) is 27.2 Å². The van der Waals surface area contributed by atoms with Gasteiger partial charge in [-0.2, -0.15) is 13.2 Å². The van der Waals surface area contributed by atoms with Crippen molar-refractivity contribution in [3.63, 3.8) is 0 Å². The van der Waals surface area contributed by atoms with Crippen LogP contribution in [-0.2, 0) is 9.53 Å². The summed E-state index contributed by atoms with van der Waals surface area (Å²) in [5.74, 6) is -4.30. The third kappa shape index (κ3) is 4.33. The zero-order valence-corrected chi connectivity index (χ0v) is 14.2. The molecular formula is C17H15F4N3O3. The minimum Gasteiger partial charge on any atom is -0.466 e. The molecule has 27 heavy (non-hydrogen) atoms. The Balaban J connectivity index is 2.50. The van der Waals surface area contributed by atoms with Gasteiger partial charge in [-0.3, -0.25) is 4.79 Å². The van der Waals surface area contributed by atoms with Gasteiger partial charge in [0.1, 0.15) is 11.6 Å². The van der Waals surface area contributed by atoms with Crippen LogP contribution in [0.1, 0.15) is 16.1 Å². The highest BCUT2D eigenvalue weighted by Crippen LogP contribution is 2.33. The Morgan fingerprint density at radius 2 is 1.78 bits per heavy atom. The highest BCUT2D eigenvalue weighted by molar-refractivity contribution is 5.99. The third-order valence-corrected chi connectivity index (χ3v) is 3.51. The Morgan fingerprint density at radius 3 is 2.33 bits per heavy atom. The molecule has 2 N–H and O–H groups in total. The Morgan fingerprint density at radius 1 is 1.11 bits per heavy atom. The van der Waals surface area contributed by atoms with Crippen LogP contribution in [0.4, 0.5) is 23.4 Å². The van der Waals surface area contributed by atoms with Crippen LogP contribution in [0.5, 0.6) is 0 Å². The minimum absolute atomic E-state index is 0.322. The number of benzene rings is 1. The number of halogens is 4. The second-order valence-electron chi connectivity index (χ2n) is 5.49. The molecule has 0 saturated heterocycles. The first kappa shape index (κ1) is 20.1. The molecule has 1 atom stereocenters. The summed E-state index contributed by atoms with van der Waals surface area (Å²) < 4.78 is 59.2. The fourth-order valence-electron chi connectivity index (χ4n) is 2.22. The summed E-state index contributed by atoms with van der Waals surface area (Å²) in [6.45, 7) is 1.53. The normalized spacial score (nSPS) is 13.4. The van der Waals surface area contributed by atoms with Gasteiger partial charge in [0.15, 0.2) is 0 Å². The number of rotatable bonds is 5. The van der Waals surface area contributed by atoms with E-state index in [1.807, 2.05) is 5.32 Å². The second kappa shape index (κ2) is 7.60. The number of ether oxygens (including phenoxy) is 1. The van der Waals surface area contributed by atoms with Gasteiger partial charge in [-0.15, -0.1) is 0 Å². The van der Waals surface area contributed by atoms with E-state index in [4.69, 9.17) is 0 Å². The Bertz CT molecular complexity index is 857. The lowest BCUT2D eigenvalue weighted by atomic mass is 10.1. The number of nitrogens with one attached hydrogen (secondary N) is 2. The molecule has 0 unspecified atom stereocenters. The van der Waals surface area contributed by atoms with Crippen molar-refractivity contribution in [1.29, 1.82) is 0 Å². The largest absolute Gasteiger partial charge is 0.466 e. The van der Waals surface area contributed by atoms with Crippen molar-refractivity contribution in [3.05, 3.63) is 59.5 Å². The summed E-state index contributed by atoms with van der Waals surface area (Å²) in [5, 5.41) is 3.48. The number of esters is 1. The predicted octanol–water partition coefficient (Wildman–Crippen LogP) is 2.80. The SMILES string of the molecule is COC(=O)[C@@](NC(=O)c1cccc(F)c1)(Nc1cccc(C)n1)C(F)(F)F. The zero-order valence-electron chi connectivity index (χ0n) is 14.2. The lowest BCUT2D eigenvalue weighted by Gasteiger charge is -2.34. The minimum atomic E-state index is -5.31. The van der Waals surface area contributed by atoms with Crippen LogP contribution in [0.2, 0.25) is 0 Å². The first-order valence-corrected chi connectivity index (χ1v) is 7.54. The number of alkyl halides is 3. The first-order valence-electron chi connectivity index (χ1n) is 7.54. The molecule has 2 rings (SSSR count). The summed E-state index contributed by atoms with van der Waals surface area (Å²) in [5.41, 5.74) is -3.67. The van der Waals surface area contributed by atoms with Gasteiger partial charge in [0, 0.05) is 11.3 Å². The molecule has 0 aliphatic carbocycles. The van der Waals surface area contributed by atoms with E-state index < -0.39 is 35.1 Å². The Labute approximate surface area is 151 Å². The van der Waals surface area contributed by atoms with Crippen molar-refractivity contribution in [2.75, 3.05) is 12.4 Å². The van der Waals surface area contributed by atoms with Gasteiger partial charge in [0.2, 0.25) is 0 Å². The molecule has 0 saturated carbocycles. The topological polar surface area (TPSA) is 80.3 Å². The van der Waals surface area contributed by atoms with E-state index in [0.29, 0.717) is 5.69 Å². The number of aryl methyl sites for hydroxylation is 1. The molecule has 1 aromatic heterocycles. The maximum Gasteiger partial charge on any atom is 0.441 e. The van der Waals surface area contributed by atoms with Crippen LogP contribution >= 0.6 is 0 Å². The quantitative estimate of drug-likeness (QED) is 0.470. The lowest BCUT2D eigenvalue weighted by molar-refractivity contribution is -0.203. The van der Waals surface area contributed by atoms with E-state index in [-0.39, 0.29) is 5.82 Å². The average Bonchev–Trinajstić information content (AvgIpc) is 2.59. The van der Waals surface area contributed by atoms with Gasteiger partial charge in [-0.1, -0.05) is 12.1 Å². The maximum absolute atomic E-state index is 13.9. The molecule has 0 aliphatic rings. The summed E-state index contributed by atoms with van der Waals surface area (Å²) in [6.07, 6.45) is -5.31. The van der Waals surface area contributed by atoms with E-state index in [1.54, 1.807) is 5.32 Å². The van der Waals surface area contributed by atoms with Crippen molar-refractivity contribution < 1.29 is 31.9 Å². The number of methoxy groups -OCH3 is 1. The fraction of sp³-hybridized carbons (Fsp3) is 0.235. The number of nitrogens with zero attached hydrogens (tertiary/aromatic N) is 1. The van der Waals surface area contributed by atoms with Crippen molar-refractivity contribution in [2.45, 2.75) is 18.8 Å². The van der Waals surface area contributed by atoms with Crippen LogP contribution in [0.3, 0.4) is 0 Å². The van der Waals surface area contributed by atoms with Gasteiger partial charge < -0.3 is 15.4 Å². The summed E-state index contributed by atoms with van der Waals surface area (Å²) in [7, 11) is 0.739. The molecule has 144 valence electrons. The highest BCUT2D eigenvalue weighted by atomic mass is 19.4. The smallest absolute Gasteiger partial charge is 0.441 e. The summed E-state index contributed by atoms with van der Waals surface area (Å²) >= 11 is 0. The number of anilines is 1.